The third-order valence-corrected chi connectivity index (χ3v) is 4.81. The van der Waals surface area contributed by atoms with Gasteiger partial charge in [0, 0.05) is 23.3 Å². The van der Waals surface area contributed by atoms with Gasteiger partial charge in [-0.15, -0.1) is 0 Å². The van der Waals surface area contributed by atoms with E-state index in [0.717, 1.165) is 37.4 Å². The maximum Gasteiger partial charge on any atom is 0.292 e. The van der Waals surface area contributed by atoms with Crippen LogP contribution < -0.4 is 15.1 Å². The molecular formula is C18H22ClN4O2+. The van der Waals surface area contributed by atoms with Crippen LogP contribution in [0.2, 0.25) is 5.02 Å². The predicted molar refractivity (Wildman–Crippen MR) is 101 cm³/mol. The number of anilines is 2. The van der Waals surface area contributed by atoms with Crippen LogP contribution in [0.1, 0.15) is 5.56 Å². The Labute approximate surface area is 152 Å². The number of nitrogens with one attached hydrogen (secondary N) is 2. The standard InChI is InChI=1S/C18H21ClN4O2/c1-21-8-10-22(11-9-21)16-6-7-18(23(24)25)17(12-16)20-13-14-2-4-15(19)5-3-14/h2-7,12,20H,8-11,13H2,1H3/p+1. The molecule has 0 atom stereocenters. The van der Waals surface area contributed by atoms with Crippen LogP contribution in [0.15, 0.2) is 42.5 Å². The number of halogens is 1. The molecular weight excluding hydrogens is 340 g/mol. The van der Waals surface area contributed by atoms with Crippen LogP contribution in [0.3, 0.4) is 0 Å². The zero-order valence-electron chi connectivity index (χ0n) is 14.2. The van der Waals surface area contributed by atoms with Gasteiger partial charge in [0.1, 0.15) is 5.69 Å². The second-order valence-corrected chi connectivity index (χ2v) is 6.82. The minimum Gasteiger partial charge on any atom is -0.375 e. The van der Waals surface area contributed by atoms with Gasteiger partial charge in [0.2, 0.25) is 0 Å². The molecule has 1 heterocycles. The number of hydrogen-bond acceptors (Lipinski definition) is 4. The van der Waals surface area contributed by atoms with Gasteiger partial charge in [-0.05, 0) is 29.8 Å². The fraction of sp³-hybridized carbons (Fsp3) is 0.333. The number of nitrogens with zero attached hydrogens (tertiary/aromatic N) is 2. The van der Waals surface area contributed by atoms with Crippen molar-refractivity contribution in [2.45, 2.75) is 6.54 Å². The normalized spacial score (nSPS) is 15.2. The summed E-state index contributed by atoms with van der Waals surface area (Å²) in [5.41, 5.74) is 2.69. The Balaban J connectivity index is 1.78. The van der Waals surface area contributed by atoms with E-state index in [1.54, 1.807) is 6.07 Å². The summed E-state index contributed by atoms with van der Waals surface area (Å²) < 4.78 is 0. The predicted octanol–water partition coefficient (Wildman–Crippen LogP) is 2.20. The molecule has 7 heteroatoms. The minimum absolute atomic E-state index is 0.0949. The molecule has 1 saturated heterocycles. The molecule has 2 aromatic carbocycles. The highest BCUT2D eigenvalue weighted by Crippen LogP contribution is 2.30. The fourth-order valence-electron chi connectivity index (χ4n) is 2.97. The summed E-state index contributed by atoms with van der Waals surface area (Å²) in [4.78, 5) is 14.8. The quantitative estimate of drug-likeness (QED) is 0.633. The first-order valence-corrected chi connectivity index (χ1v) is 8.74. The summed E-state index contributed by atoms with van der Waals surface area (Å²) in [5, 5.41) is 15.2. The van der Waals surface area contributed by atoms with E-state index in [1.807, 2.05) is 36.4 Å². The van der Waals surface area contributed by atoms with Gasteiger partial charge in [0.15, 0.2) is 0 Å². The molecule has 0 aromatic heterocycles. The van der Waals surface area contributed by atoms with Gasteiger partial charge >= 0.3 is 0 Å². The van der Waals surface area contributed by atoms with Crippen molar-refractivity contribution in [1.29, 1.82) is 0 Å². The number of hydrogen-bond donors (Lipinski definition) is 2. The lowest BCUT2D eigenvalue weighted by atomic mass is 10.2. The van der Waals surface area contributed by atoms with Crippen LogP contribution in [-0.4, -0.2) is 38.2 Å². The van der Waals surface area contributed by atoms with Crippen LogP contribution in [0, 0.1) is 10.1 Å². The van der Waals surface area contributed by atoms with Crippen molar-refractivity contribution >= 4 is 28.7 Å². The fourth-order valence-corrected chi connectivity index (χ4v) is 3.09. The molecule has 6 nitrogen and oxygen atoms in total. The third-order valence-electron chi connectivity index (χ3n) is 4.56. The molecule has 2 aromatic rings. The lowest BCUT2D eigenvalue weighted by Crippen LogP contribution is -3.12. The zero-order chi connectivity index (χ0) is 17.8. The van der Waals surface area contributed by atoms with E-state index in [4.69, 9.17) is 11.6 Å². The van der Waals surface area contributed by atoms with Crippen LogP contribution in [0.4, 0.5) is 17.1 Å². The van der Waals surface area contributed by atoms with Crippen LogP contribution in [0.5, 0.6) is 0 Å². The second-order valence-electron chi connectivity index (χ2n) is 6.38. The van der Waals surface area contributed by atoms with Crippen molar-refractivity contribution in [2.24, 2.45) is 0 Å². The van der Waals surface area contributed by atoms with Crippen molar-refractivity contribution < 1.29 is 9.82 Å². The highest BCUT2D eigenvalue weighted by Gasteiger charge is 2.20. The largest absolute Gasteiger partial charge is 0.375 e. The monoisotopic (exact) mass is 361 g/mol. The smallest absolute Gasteiger partial charge is 0.292 e. The molecule has 0 saturated carbocycles. The van der Waals surface area contributed by atoms with Gasteiger partial charge in [-0.25, -0.2) is 0 Å². The van der Waals surface area contributed by atoms with Gasteiger partial charge < -0.3 is 15.1 Å². The number of piperazine rings is 1. The lowest BCUT2D eigenvalue weighted by Gasteiger charge is -2.32. The average molecular weight is 362 g/mol. The molecule has 0 bridgehead atoms. The van der Waals surface area contributed by atoms with Gasteiger partial charge in [-0.2, -0.15) is 0 Å². The Hall–Kier alpha value is -2.31. The first kappa shape index (κ1) is 17.5. The van der Waals surface area contributed by atoms with Crippen LogP contribution >= 0.6 is 11.6 Å². The lowest BCUT2D eigenvalue weighted by molar-refractivity contribution is -0.880. The number of likely N-dealkylation sites (N-methyl/N-ethyl adjacent to an activating group) is 1. The topological polar surface area (TPSA) is 62.9 Å². The SMILES string of the molecule is C[NH+]1CCN(c2ccc([N+](=O)[O-])c(NCc3ccc(Cl)cc3)c2)CC1. The highest BCUT2D eigenvalue weighted by molar-refractivity contribution is 6.30. The highest BCUT2D eigenvalue weighted by atomic mass is 35.5. The summed E-state index contributed by atoms with van der Waals surface area (Å²) in [6, 6.07) is 12.8. The summed E-state index contributed by atoms with van der Waals surface area (Å²) >= 11 is 5.90. The van der Waals surface area contributed by atoms with E-state index in [1.165, 1.54) is 4.90 Å². The van der Waals surface area contributed by atoms with E-state index in [0.29, 0.717) is 17.3 Å². The summed E-state index contributed by atoms with van der Waals surface area (Å²) in [6.07, 6.45) is 0. The molecule has 2 N–H and O–H groups in total. The molecule has 0 radical (unpaired) electrons. The van der Waals surface area contributed by atoms with Gasteiger partial charge in [-0.1, -0.05) is 23.7 Å². The Morgan fingerprint density at radius 1 is 1.20 bits per heavy atom. The molecule has 0 aliphatic carbocycles. The molecule has 1 fully saturated rings. The number of benzene rings is 2. The second kappa shape index (κ2) is 7.72. The maximum absolute atomic E-state index is 11.3. The van der Waals surface area contributed by atoms with E-state index < -0.39 is 0 Å². The summed E-state index contributed by atoms with van der Waals surface area (Å²) in [7, 11) is 2.19. The molecule has 132 valence electrons. The van der Waals surface area contributed by atoms with Crippen LogP contribution in [-0.2, 0) is 6.54 Å². The van der Waals surface area contributed by atoms with Crippen molar-refractivity contribution in [3.8, 4) is 0 Å². The summed E-state index contributed by atoms with van der Waals surface area (Å²) in [6.45, 7) is 4.57. The maximum atomic E-state index is 11.3. The molecule has 25 heavy (non-hydrogen) atoms. The Bertz CT molecular complexity index is 743. The van der Waals surface area contributed by atoms with Gasteiger partial charge in [-0.3, -0.25) is 10.1 Å². The summed E-state index contributed by atoms with van der Waals surface area (Å²) in [5.74, 6) is 0. The van der Waals surface area contributed by atoms with Crippen molar-refractivity contribution in [1.82, 2.24) is 0 Å². The molecule has 0 unspecified atom stereocenters. The Kier molecular flexibility index (Phi) is 5.40. The van der Waals surface area contributed by atoms with E-state index in [9.17, 15) is 10.1 Å². The number of rotatable bonds is 5. The molecule has 0 amide bonds. The average Bonchev–Trinajstić information content (AvgIpc) is 2.61. The van der Waals surface area contributed by atoms with Gasteiger partial charge in [0.25, 0.3) is 5.69 Å². The van der Waals surface area contributed by atoms with Crippen molar-refractivity contribution in [3.05, 3.63) is 63.2 Å². The van der Waals surface area contributed by atoms with Gasteiger partial charge in [0.05, 0.1) is 38.2 Å². The van der Waals surface area contributed by atoms with Crippen molar-refractivity contribution in [2.75, 3.05) is 43.4 Å². The molecule has 1 aliphatic heterocycles. The molecule has 1 aliphatic rings. The van der Waals surface area contributed by atoms with E-state index in [2.05, 4.69) is 17.3 Å². The third kappa shape index (κ3) is 4.41. The van der Waals surface area contributed by atoms with Crippen LogP contribution in [0.25, 0.3) is 0 Å². The molecule has 0 spiro atoms. The van der Waals surface area contributed by atoms with E-state index in [-0.39, 0.29) is 10.6 Å². The van der Waals surface area contributed by atoms with E-state index >= 15 is 0 Å². The van der Waals surface area contributed by atoms with Crippen molar-refractivity contribution in [3.63, 3.8) is 0 Å². The Morgan fingerprint density at radius 3 is 2.52 bits per heavy atom. The number of nitro benzene ring substituents is 1. The first-order valence-electron chi connectivity index (χ1n) is 8.36. The Morgan fingerprint density at radius 2 is 1.88 bits per heavy atom. The minimum atomic E-state index is -0.345. The first-order chi connectivity index (χ1) is 12.0. The molecule has 3 rings (SSSR count). The zero-order valence-corrected chi connectivity index (χ0v) is 14.9. The number of nitro groups is 1. The number of quaternary nitrogens is 1.